The topological polar surface area (TPSA) is 62.2 Å². The number of rotatable bonds is 5. The first-order chi connectivity index (χ1) is 10.9. The Hall–Kier alpha value is -2.37. The fourth-order valence-electron chi connectivity index (χ4n) is 2.46. The summed E-state index contributed by atoms with van der Waals surface area (Å²) < 4.78 is 5.72. The molecule has 1 aliphatic heterocycles. The van der Waals surface area contributed by atoms with Crippen LogP contribution in [0.4, 0.5) is 0 Å². The number of aryl methyl sites for hydroxylation is 2. The Balaban J connectivity index is 1.87. The largest absolute Gasteiger partial charge is 0.492 e. The molecule has 1 aromatic rings. The molecule has 0 saturated carbocycles. The minimum absolute atomic E-state index is 0.0673. The van der Waals surface area contributed by atoms with Crippen LogP contribution in [0.5, 0.6) is 5.75 Å². The van der Waals surface area contributed by atoms with E-state index in [1.54, 1.807) is 19.0 Å². The quantitative estimate of drug-likeness (QED) is 0.831. The minimum Gasteiger partial charge on any atom is -0.492 e. The van der Waals surface area contributed by atoms with Gasteiger partial charge in [0.15, 0.2) is 0 Å². The maximum absolute atomic E-state index is 12.3. The van der Waals surface area contributed by atoms with Crippen molar-refractivity contribution in [3.05, 3.63) is 29.3 Å². The summed E-state index contributed by atoms with van der Waals surface area (Å²) in [5, 5.41) is 5.27. The highest BCUT2D eigenvalue weighted by molar-refractivity contribution is 6.39. The van der Waals surface area contributed by atoms with E-state index in [-0.39, 0.29) is 11.8 Å². The van der Waals surface area contributed by atoms with Crippen molar-refractivity contribution in [1.29, 1.82) is 0 Å². The molecule has 1 aliphatic rings. The van der Waals surface area contributed by atoms with Gasteiger partial charge in [-0.1, -0.05) is 6.07 Å². The lowest BCUT2D eigenvalue weighted by Crippen LogP contribution is -2.40. The molecule has 124 valence electrons. The van der Waals surface area contributed by atoms with Gasteiger partial charge in [0.05, 0.1) is 6.54 Å². The van der Waals surface area contributed by atoms with Gasteiger partial charge in [-0.2, -0.15) is 5.10 Å². The van der Waals surface area contributed by atoms with E-state index in [4.69, 9.17) is 4.74 Å². The first-order valence-electron chi connectivity index (χ1n) is 7.67. The first kappa shape index (κ1) is 17.0. The lowest BCUT2D eigenvalue weighted by atomic mass is 10.1. The van der Waals surface area contributed by atoms with E-state index < -0.39 is 0 Å². The van der Waals surface area contributed by atoms with Crippen LogP contribution in [-0.2, 0) is 9.59 Å². The van der Waals surface area contributed by atoms with Gasteiger partial charge < -0.3 is 9.64 Å². The number of nitrogens with zero attached hydrogens (tertiary/aromatic N) is 3. The van der Waals surface area contributed by atoms with Gasteiger partial charge >= 0.3 is 0 Å². The maximum atomic E-state index is 12.3. The van der Waals surface area contributed by atoms with Crippen molar-refractivity contribution in [1.82, 2.24) is 9.91 Å². The lowest BCUT2D eigenvalue weighted by Gasteiger charge is -2.23. The Morgan fingerprint density at radius 3 is 2.52 bits per heavy atom. The molecule has 0 saturated heterocycles. The van der Waals surface area contributed by atoms with Crippen molar-refractivity contribution in [2.24, 2.45) is 5.10 Å². The van der Waals surface area contributed by atoms with Crippen LogP contribution >= 0.6 is 0 Å². The van der Waals surface area contributed by atoms with Crippen molar-refractivity contribution >= 4 is 17.5 Å². The van der Waals surface area contributed by atoms with E-state index in [0.717, 1.165) is 16.9 Å². The second-order valence-corrected chi connectivity index (χ2v) is 5.86. The summed E-state index contributed by atoms with van der Waals surface area (Å²) in [5.74, 6) is 0.583. The number of amides is 2. The summed E-state index contributed by atoms with van der Waals surface area (Å²) in [6.07, 6.45) is 0.720. The molecule has 0 fully saturated rings. The van der Waals surface area contributed by atoms with Crippen LogP contribution in [0.1, 0.15) is 24.0 Å². The van der Waals surface area contributed by atoms with Crippen LogP contribution in [0.25, 0.3) is 0 Å². The normalized spacial score (nSPS) is 14.5. The summed E-state index contributed by atoms with van der Waals surface area (Å²) in [4.78, 5) is 25.3. The molecule has 0 spiro atoms. The summed E-state index contributed by atoms with van der Waals surface area (Å²) in [6, 6.07) is 6.03. The smallest absolute Gasteiger partial charge is 0.269 e. The zero-order valence-corrected chi connectivity index (χ0v) is 14.1. The van der Waals surface area contributed by atoms with Crippen molar-refractivity contribution in [3.8, 4) is 5.75 Å². The van der Waals surface area contributed by atoms with Gasteiger partial charge in [0.1, 0.15) is 18.1 Å². The van der Waals surface area contributed by atoms with Crippen molar-refractivity contribution < 1.29 is 14.3 Å². The number of carbonyl (C=O) groups excluding carboxylic acids is 2. The molecule has 1 heterocycles. The fourth-order valence-corrected chi connectivity index (χ4v) is 2.46. The second-order valence-electron chi connectivity index (χ2n) is 5.86. The van der Waals surface area contributed by atoms with Gasteiger partial charge in [-0.05, 0) is 37.1 Å². The summed E-state index contributed by atoms with van der Waals surface area (Å²) in [5.41, 5.74) is 2.71. The van der Waals surface area contributed by atoms with Crippen LogP contribution < -0.4 is 4.74 Å². The molecule has 6 heteroatoms. The molecule has 2 amide bonds. The monoisotopic (exact) mass is 317 g/mol. The molecule has 0 unspecified atom stereocenters. The van der Waals surface area contributed by atoms with Crippen LogP contribution in [0.3, 0.4) is 0 Å². The average molecular weight is 317 g/mol. The Bertz CT molecular complexity index is 620. The highest BCUT2D eigenvalue weighted by Gasteiger charge is 2.24. The highest BCUT2D eigenvalue weighted by Crippen LogP contribution is 2.16. The third-order valence-corrected chi connectivity index (χ3v) is 3.69. The van der Waals surface area contributed by atoms with Crippen LogP contribution in [0, 0.1) is 13.8 Å². The molecule has 0 aliphatic carbocycles. The number of hydrazone groups is 1. The van der Waals surface area contributed by atoms with Crippen molar-refractivity contribution in [2.75, 3.05) is 27.2 Å². The number of likely N-dealkylation sites (N-methyl/N-ethyl adjacent to an activating group) is 1. The Labute approximate surface area is 136 Å². The van der Waals surface area contributed by atoms with E-state index >= 15 is 0 Å². The molecule has 0 N–H and O–H groups in total. The number of benzene rings is 1. The second kappa shape index (κ2) is 7.26. The van der Waals surface area contributed by atoms with Gasteiger partial charge in [0.25, 0.3) is 5.91 Å². The molecule has 2 rings (SSSR count). The van der Waals surface area contributed by atoms with Gasteiger partial charge in [0, 0.05) is 26.9 Å². The first-order valence-corrected chi connectivity index (χ1v) is 7.67. The van der Waals surface area contributed by atoms with Crippen LogP contribution in [0.2, 0.25) is 0 Å². The van der Waals surface area contributed by atoms with Gasteiger partial charge in [0.2, 0.25) is 5.91 Å². The lowest BCUT2D eigenvalue weighted by molar-refractivity contribution is -0.130. The minimum atomic E-state index is -0.159. The SMILES string of the molecule is Cc1cc(C)cc(OCCN(C)C(=O)C2=NN(C)C(=O)CC2)c1. The predicted octanol–water partition coefficient (Wildman–Crippen LogP) is 1.75. The zero-order valence-electron chi connectivity index (χ0n) is 14.1. The van der Waals surface area contributed by atoms with Crippen LogP contribution in [-0.4, -0.2) is 54.7 Å². The third kappa shape index (κ3) is 4.55. The summed E-state index contributed by atoms with van der Waals surface area (Å²) in [6.45, 7) is 4.92. The average Bonchev–Trinajstić information content (AvgIpc) is 2.48. The molecular weight excluding hydrogens is 294 g/mol. The number of carbonyl (C=O) groups is 2. The molecular formula is C17H23N3O3. The molecule has 1 aromatic carbocycles. The molecule has 0 aromatic heterocycles. The van der Waals surface area contributed by atoms with Gasteiger partial charge in [-0.25, -0.2) is 5.01 Å². The maximum Gasteiger partial charge on any atom is 0.269 e. The van der Waals surface area contributed by atoms with Crippen molar-refractivity contribution in [2.45, 2.75) is 26.7 Å². The zero-order chi connectivity index (χ0) is 17.0. The van der Waals surface area contributed by atoms with E-state index in [2.05, 4.69) is 11.2 Å². The molecule has 0 bridgehead atoms. The highest BCUT2D eigenvalue weighted by atomic mass is 16.5. The molecule has 6 nitrogen and oxygen atoms in total. The number of ether oxygens (including phenoxy) is 1. The predicted molar refractivity (Wildman–Crippen MR) is 88.5 cm³/mol. The van der Waals surface area contributed by atoms with E-state index in [9.17, 15) is 9.59 Å². The Morgan fingerprint density at radius 2 is 1.91 bits per heavy atom. The van der Waals surface area contributed by atoms with Crippen molar-refractivity contribution in [3.63, 3.8) is 0 Å². The van der Waals surface area contributed by atoms with E-state index in [1.807, 2.05) is 26.0 Å². The number of hydrogen-bond acceptors (Lipinski definition) is 4. The molecule has 23 heavy (non-hydrogen) atoms. The Kier molecular flexibility index (Phi) is 5.36. The summed E-state index contributed by atoms with van der Waals surface area (Å²) in [7, 11) is 3.28. The fraction of sp³-hybridized carbons (Fsp3) is 0.471. The number of hydrogen-bond donors (Lipinski definition) is 0. The van der Waals surface area contributed by atoms with Crippen LogP contribution in [0.15, 0.2) is 23.3 Å². The van der Waals surface area contributed by atoms with Gasteiger partial charge in [-0.3, -0.25) is 9.59 Å². The summed E-state index contributed by atoms with van der Waals surface area (Å²) >= 11 is 0. The third-order valence-electron chi connectivity index (χ3n) is 3.69. The standard InChI is InChI=1S/C17H23N3O3/c1-12-9-13(2)11-14(10-12)23-8-7-19(3)17(22)15-5-6-16(21)20(4)18-15/h9-11H,5-8H2,1-4H3. The van der Waals surface area contributed by atoms with Gasteiger partial charge in [-0.15, -0.1) is 0 Å². The van der Waals surface area contributed by atoms with E-state index in [1.165, 1.54) is 5.01 Å². The van der Waals surface area contributed by atoms with E-state index in [0.29, 0.717) is 31.7 Å². The Morgan fingerprint density at radius 1 is 1.26 bits per heavy atom. The molecule has 0 radical (unpaired) electrons. The molecule has 0 atom stereocenters.